The zero-order valence-electron chi connectivity index (χ0n) is 56.8. The van der Waals surface area contributed by atoms with E-state index in [0.29, 0.717) is 38.5 Å². The van der Waals surface area contributed by atoms with Crippen LogP contribution in [0.1, 0.15) is 113 Å². The zero-order chi connectivity index (χ0) is 70.5. The van der Waals surface area contributed by atoms with Crippen LogP contribution in [0.4, 0.5) is 0 Å². The summed E-state index contributed by atoms with van der Waals surface area (Å²) < 4.78 is 90.1. The Morgan fingerprint density at radius 1 is 0.536 bits per heavy atom. The first-order valence-corrected chi connectivity index (χ1v) is 34.6. The Balaban J connectivity index is 0.826. The molecule has 11 rings (SSSR count). The molecule has 7 saturated heterocycles. The van der Waals surface area contributed by atoms with Crippen LogP contribution >= 0.6 is 0 Å². The molecule has 0 aromatic carbocycles. The number of methoxy groups -OCH3 is 2. The first kappa shape index (κ1) is 76.2. The van der Waals surface area contributed by atoms with Crippen molar-refractivity contribution in [3.05, 3.63) is 11.6 Å². The van der Waals surface area contributed by atoms with Crippen molar-refractivity contribution in [2.75, 3.05) is 47.3 Å². The van der Waals surface area contributed by atoms with Crippen molar-refractivity contribution in [2.45, 2.75) is 303 Å². The number of hydrogen-bond acceptors (Lipinski definition) is 31. The summed E-state index contributed by atoms with van der Waals surface area (Å²) >= 11 is 0. The lowest BCUT2D eigenvalue weighted by Crippen LogP contribution is -2.67. The van der Waals surface area contributed by atoms with Gasteiger partial charge in [0.15, 0.2) is 37.7 Å². The van der Waals surface area contributed by atoms with E-state index in [1.165, 1.54) is 26.7 Å². The minimum absolute atomic E-state index is 0.00403. The largest absolute Gasteiger partial charge is 0.458 e. The van der Waals surface area contributed by atoms with Crippen LogP contribution < -0.4 is 0 Å². The van der Waals surface area contributed by atoms with Crippen LogP contribution in [0, 0.1) is 45.3 Å². The van der Waals surface area contributed by atoms with Gasteiger partial charge in [0.25, 0.3) is 0 Å². The first-order chi connectivity index (χ1) is 45.8. The number of allylic oxidation sites excluding steroid dienone is 2. The predicted octanol–water partition coefficient (Wildman–Crippen LogP) is -3.40. The fraction of sp³-hybridized carbons (Fsp3) is 0.955. The van der Waals surface area contributed by atoms with E-state index < -0.39 is 239 Å². The molecule has 97 heavy (non-hydrogen) atoms. The maximum atomic E-state index is 14.6. The molecule has 7 heterocycles. The third-order valence-corrected chi connectivity index (χ3v) is 24.4. The smallest absolute Gasteiger partial charge is 0.313 e. The molecule has 3 saturated carbocycles. The summed E-state index contributed by atoms with van der Waals surface area (Å²) in [6.07, 6.45) is -38.8. The molecule has 31 heteroatoms. The number of hydrogen-bond donors (Lipinski definition) is 15. The highest BCUT2D eigenvalue weighted by atomic mass is 16.8. The van der Waals surface area contributed by atoms with Gasteiger partial charge in [-0.2, -0.15) is 0 Å². The zero-order valence-corrected chi connectivity index (χ0v) is 56.8. The van der Waals surface area contributed by atoms with Gasteiger partial charge in [-0.15, -0.1) is 0 Å². The second-order valence-electron chi connectivity index (χ2n) is 30.9. The summed E-state index contributed by atoms with van der Waals surface area (Å²) in [5.41, 5.74) is -1.62. The Labute approximate surface area is 563 Å². The van der Waals surface area contributed by atoms with E-state index in [0.717, 1.165) is 19.3 Å². The molecule has 11 aliphatic rings. The minimum Gasteiger partial charge on any atom is -0.458 e. The molecule has 4 aliphatic carbocycles. The maximum Gasteiger partial charge on any atom is 0.313 e. The summed E-state index contributed by atoms with van der Waals surface area (Å²) in [5.74, 6) is 0.162. The second-order valence-corrected chi connectivity index (χ2v) is 30.9. The first-order valence-electron chi connectivity index (χ1n) is 34.6. The molecular weight excluding hydrogens is 1290 g/mol. The normalized spacial score (nSPS) is 52.6. The molecule has 10 fully saturated rings. The monoisotopic (exact) mass is 1400 g/mol. The van der Waals surface area contributed by atoms with Crippen LogP contribution in [0.15, 0.2) is 11.6 Å². The number of aliphatic hydroxyl groups is 15. The van der Waals surface area contributed by atoms with E-state index in [1.54, 1.807) is 0 Å². The highest BCUT2D eigenvalue weighted by Crippen LogP contribution is 2.76. The van der Waals surface area contributed by atoms with Gasteiger partial charge in [0, 0.05) is 32.0 Å². The van der Waals surface area contributed by atoms with Crippen molar-refractivity contribution in [1.82, 2.24) is 0 Å². The number of fused-ring (bicyclic) bond motifs is 4. The molecule has 0 radical (unpaired) electrons. The van der Waals surface area contributed by atoms with Crippen LogP contribution in [0.25, 0.3) is 0 Å². The van der Waals surface area contributed by atoms with Gasteiger partial charge in [0.1, 0.15) is 134 Å². The van der Waals surface area contributed by atoms with Crippen molar-refractivity contribution in [2.24, 2.45) is 45.3 Å². The standard InChI is InChI=1S/C66H108O31/c1-26(2)19-28(70)20-65(8)37-14-17-64(7)30-11-12-36-62(4,5)38(15-16-63(36,6)29(30)13-18-66(37,64)61(82)97-65)92-60-54(42(75)35(25-86-60)91-57-48(81)53(41(74)34(23-69)88-57)95-59-47(80)52(84-10)40(73)33(22-68)90-59)96-56-44(77)43(76)49(27(3)87-56)93-55-45(78)50(31(71)24-85-55)94-58-46(79)51(83-9)39(72)32(21-67)89-58/h11,26-29,31-60,67-81H,12-25H2,1-10H3/t27-,28+,29?,31-,32-,33-,34-,35-,36?,37-,38+,39-,40-,41-,42+,43-,44-,45-,46-,47-,48-,49-,50+,51+,52+,53+,54-,55+,56+,57+,58+,59+,60+,63-,64+,65+,66-/m1/s1. The molecule has 0 aromatic rings. The van der Waals surface area contributed by atoms with Crippen LogP contribution in [0.5, 0.6) is 0 Å². The van der Waals surface area contributed by atoms with Crippen molar-refractivity contribution < 1.29 is 152 Å². The van der Waals surface area contributed by atoms with E-state index in [1.807, 2.05) is 6.92 Å². The van der Waals surface area contributed by atoms with Crippen LogP contribution in [-0.4, -0.2) is 320 Å². The van der Waals surface area contributed by atoms with E-state index in [9.17, 15) is 81.4 Å². The fourth-order valence-electron chi connectivity index (χ4n) is 19.3. The average molecular weight is 1400 g/mol. The molecule has 0 aromatic heterocycles. The average Bonchev–Trinajstić information content (AvgIpc) is 1.55. The van der Waals surface area contributed by atoms with Crippen LogP contribution in [-0.2, 0) is 75.8 Å². The maximum absolute atomic E-state index is 14.6. The van der Waals surface area contributed by atoms with Gasteiger partial charge in [-0.3, -0.25) is 4.79 Å². The Morgan fingerprint density at radius 3 is 1.65 bits per heavy atom. The summed E-state index contributed by atoms with van der Waals surface area (Å²) in [5, 5.41) is 167. The van der Waals surface area contributed by atoms with Crippen molar-refractivity contribution in [3.8, 4) is 0 Å². The van der Waals surface area contributed by atoms with Gasteiger partial charge in [-0.1, -0.05) is 53.2 Å². The molecule has 2 unspecified atom stereocenters. The predicted molar refractivity (Wildman–Crippen MR) is 326 cm³/mol. The minimum atomic E-state index is -2.01. The van der Waals surface area contributed by atoms with Gasteiger partial charge in [-0.25, -0.2) is 0 Å². The van der Waals surface area contributed by atoms with Crippen molar-refractivity contribution in [1.29, 1.82) is 0 Å². The molecule has 0 amide bonds. The van der Waals surface area contributed by atoms with E-state index in [2.05, 4.69) is 47.6 Å². The molecule has 558 valence electrons. The van der Waals surface area contributed by atoms with Crippen LogP contribution in [0.3, 0.4) is 0 Å². The molecule has 7 aliphatic heterocycles. The van der Waals surface area contributed by atoms with E-state index in [4.69, 9.17) is 71.1 Å². The summed E-state index contributed by atoms with van der Waals surface area (Å²) in [7, 11) is 2.40. The van der Waals surface area contributed by atoms with E-state index in [-0.39, 0.29) is 35.1 Å². The van der Waals surface area contributed by atoms with Gasteiger partial charge >= 0.3 is 5.97 Å². The Hall–Kier alpha value is -1.95. The van der Waals surface area contributed by atoms with Gasteiger partial charge < -0.3 is 148 Å². The number of esters is 1. The van der Waals surface area contributed by atoms with Crippen molar-refractivity contribution in [3.63, 3.8) is 0 Å². The number of aliphatic hydroxyl groups excluding tert-OH is 15. The lowest BCUT2D eigenvalue weighted by Gasteiger charge is -2.64. The number of rotatable bonds is 21. The fourth-order valence-corrected chi connectivity index (χ4v) is 19.3. The highest BCUT2D eigenvalue weighted by molar-refractivity contribution is 5.83. The lowest BCUT2D eigenvalue weighted by atomic mass is 9.41. The second kappa shape index (κ2) is 29.5. The Kier molecular flexibility index (Phi) is 23.2. The van der Waals surface area contributed by atoms with Crippen molar-refractivity contribution >= 4 is 5.97 Å². The molecule has 15 N–H and O–H groups in total. The number of carbonyl (C=O) groups excluding carboxylic acids is 1. The highest BCUT2D eigenvalue weighted by Gasteiger charge is 2.76. The third kappa shape index (κ3) is 13.4. The molecule has 31 nitrogen and oxygen atoms in total. The Morgan fingerprint density at radius 2 is 1.06 bits per heavy atom. The topological polar surface area (TPSA) is 459 Å². The summed E-state index contributed by atoms with van der Waals surface area (Å²) in [4.78, 5) is 14.6. The SMILES string of the molecule is CO[C@@H]1[C@@H](O)[C@H](O[C@@H]2[C@@H](O)[C@H](O[C@@H]3CO[C@@H](O[C@H]4CC[C@]5(C)C6CC[C@]78C(=O)O[C@@](C)(C[C@@H](O)CC(C)C)[C@H]7CC[C@@]8(C)C6=CCC5C4(C)C)[C@H](O[C@@H]4O[C@H](C)[C@@H](O[C@@H]5OC[C@@H](O)[C@H](O[C@@H]6O[C@H](CO)[C@@H](O)[C@H](OC)[C@H]6O)[C@H]5O)[C@H](O)[C@H]4O)[C@H]3O)O[C@H](CO)[C@H]2O)O[C@H](CO)[C@H]1O. The molecule has 0 bridgehead atoms. The third-order valence-electron chi connectivity index (χ3n) is 24.4. The number of carbonyl (C=O) groups is 1. The van der Waals surface area contributed by atoms with Gasteiger partial charge in [-0.05, 0) is 93.8 Å². The summed E-state index contributed by atoms with van der Waals surface area (Å²) in [6.45, 7) is 13.1. The summed E-state index contributed by atoms with van der Waals surface area (Å²) in [6, 6.07) is 0. The Bertz CT molecular complexity index is 2680. The number of cyclic esters (lactones) is 1. The lowest BCUT2D eigenvalue weighted by molar-refractivity contribution is -0.394. The van der Waals surface area contributed by atoms with Crippen LogP contribution in [0.2, 0.25) is 0 Å². The van der Waals surface area contributed by atoms with Gasteiger partial charge in [0.2, 0.25) is 0 Å². The van der Waals surface area contributed by atoms with Gasteiger partial charge in [0.05, 0.1) is 56.8 Å². The number of ether oxygens (including phenoxy) is 15. The quantitative estimate of drug-likeness (QED) is 0.0393. The molecule has 37 atom stereocenters. The van der Waals surface area contributed by atoms with E-state index >= 15 is 0 Å². The molecule has 1 spiro atoms. The molecular formula is C66H108O31.